The summed E-state index contributed by atoms with van der Waals surface area (Å²) in [6, 6.07) is 16.4. The van der Waals surface area contributed by atoms with Crippen molar-refractivity contribution >= 4 is 17.3 Å². The Bertz CT molecular complexity index is 570. The van der Waals surface area contributed by atoms with Crippen molar-refractivity contribution < 1.29 is 4.74 Å². The summed E-state index contributed by atoms with van der Waals surface area (Å²) in [4.78, 5) is 0. The van der Waals surface area contributed by atoms with Gasteiger partial charge in [0, 0.05) is 5.69 Å². The molecule has 1 atom stereocenters. The van der Waals surface area contributed by atoms with E-state index in [-0.39, 0.29) is 0 Å². The molecule has 2 aromatic rings. The van der Waals surface area contributed by atoms with Crippen molar-refractivity contribution in [1.82, 2.24) is 0 Å². The molecule has 1 unspecified atom stereocenters. The smallest absolute Gasteiger partial charge is 0.137 e. The van der Waals surface area contributed by atoms with Gasteiger partial charge in [-0.1, -0.05) is 41.9 Å². The molecule has 0 bridgehead atoms. The normalized spacial score (nSPS) is 17.4. The van der Waals surface area contributed by atoms with Crippen LogP contribution in [0.4, 0.5) is 5.69 Å². The van der Waals surface area contributed by atoms with E-state index >= 15 is 0 Å². The van der Waals surface area contributed by atoms with Gasteiger partial charge in [0.05, 0.1) is 11.1 Å². The number of nitrogens with one attached hydrogen (secondary N) is 1. The molecule has 3 heteroatoms. The maximum absolute atomic E-state index is 6.08. The van der Waals surface area contributed by atoms with Crippen LogP contribution >= 0.6 is 11.6 Å². The molecule has 98 valence electrons. The number of hydrogen-bond donors (Lipinski definition) is 1. The minimum absolute atomic E-state index is 0.339. The van der Waals surface area contributed by atoms with E-state index < -0.39 is 0 Å². The number of anilines is 1. The number of halogens is 1. The summed E-state index contributed by atoms with van der Waals surface area (Å²) in [6.07, 6.45) is 2.18. The summed E-state index contributed by atoms with van der Waals surface area (Å²) in [5.74, 6) is 0.754. The van der Waals surface area contributed by atoms with Crippen LogP contribution in [0.2, 0.25) is 5.02 Å². The zero-order valence-corrected chi connectivity index (χ0v) is 11.4. The molecule has 0 saturated heterocycles. The zero-order chi connectivity index (χ0) is 13.1. The van der Waals surface area contributed by atoms with Crippen LogP contribution in [0.15, 0.2) is 48.5 Å². The Morgan fingerprint density at radius 3 is 2.79 bits per heavy atom. The molecule has 0 saturated carbocycles. The van der Waals surface area contributed by atoms with Crippen molar-refractivity contribution in [3.05, 3.63) is 59.1 Å². The zero-order valence-electron chi connectivity index (χ0n) is 10.6. The lowest BCUT2D eigenvalue weighted by Crippen LogP contribution is -2.31. The summed E-state index contributed by atoms with van der Waals surface area (Å²) in [5, 5.41) is 4.18. The van der Waals surface area contributed by atoms with E-state index in [1.54, 1.807) is 0 Å². The number of fused-ring (bicyclic) bond motifs is 1. The second-order valence-corrected chi connectivity index (χ2v) is 5.19. The monoisotopic (exact) mass is 273 g/mol. The van der Waals surface area contributed by atoms with Crippen LogP contribution < -0.4 is 10.1 Å². The van der Waals surface area contributed by atoms with Gasteiger partial charge in [-0.3, -0.25) is 0 Å². The Morgan fingerprint density at radius 2 is 1.89 bits per heavy atom. The van der Waals surface area contributed by atoms with Crippen LogP contribution in [0.3, 0.4) is 0 Å². The van der Waals surface area contributed by atoms with Gasteiger partial charge >= 0.3 is 0 Å². The highest BCUT2D eigenvalue weighted by Gasteiger charge is 2.17. The third-order valence-electron chi connectivity index (χ3n) is 3.42. The largest absolute Gasteiger partial charge is 0.490 e. The number of benzene rings is 2. The van der Waals surface area contributed by atoms with Gasteiger partial charge < -0.3 is 10.1 Å². The topological polar surface area (TPSA) is 21.3 Å². The molecule has 0 aromatic heterocycles. The number of aryl methyl sites for hydroxylation is 1. The molecule has 19 heavy (non-hydrogen) atoms. The second-order valence-electron chi connectivity index (χ2n) is 4.78. The standard InChI is InChI=1S/C16H16ClNO/c17-14-6-2-4-8-16(14)19-11-13-10-9-12-5-1-3-7-15(12)18-13/h1-8,13,18H,9-11H2. The second kappa shape index (κ2) is 5.54. The van der Waals surface area contributed by atoms with Gasteiger partial charge in [0.2, 0.25) is 0 Å². The lowest BCUT2D eigenvalue weighted by atomic mass is 9.99. The molecule has 1 aliphatic heterocycles. The maximum Gasteiger partial charge on any atom is 0.137 e. The van der Waals surface area contributed by atoms with Crippen molar-refractivity contribution in [3.8, 4) is 5.75 Å². The van der Waals surface area contributed by atoms with Crippen LogP contribution in [-0.4, -0.2) is 12.6 Å². The van der Waals surface area contributed by atoms with Gasteiger partial charge in [-0.2, -0.15) is 0 Å². The Hall–Kier alpha value is -1.67. The van der Waals surface area contributed by atoms with Gasteiger partial charge in [-0.05, 0) is 36.6 Å². The molecule has 0 amide bonds. The Balaban J connectivity index is 1.62. The van der Waals surface area contributed by atoms with Crippen molar-refractivity contribution in [3.63, 3.8) is 0 Å². The van der Waals surface area contributed by atoms with Gasteiger partial charge in [0.25, 0.3) is 0 Å². The predicted molar refractivity (Wildman–Crippen MR) is 79.1 cm³/mol. The lowest BCUT2D eigenvalue weighted by Gasteiger charge is -2.27. The molecule has 0 fully saturated rings. The van der Waals surface area contributed by atoms with Crippen molar-refractivity contribution in [2.45, 2.75) is 18.9 Å². The molecule has 1 heterocycles. The minimum Gasteiger partial charge on any atom is -0.490 e. The molecule has 0 radical (unpaired) electrons. The van der Waals surface area contributed by atoms with E-state index in [9.17, 15) is 0 Å². The van der Waals surface area contributed by atoms with E-state index in [1.807, 2.05) is 24.3 Å². The molecule has 3 rings (SSSR count). The fraction of sp³-hybridized carbons (Fsp3) is 0.250. The van der Waals surface area contributed by atoms with Gasteiger partial charge in [-0.25, -0.2) is 0 Å². The number of hydrogen-bond acceptors (Lipinski definition) is 2. The van der Waals surface area contributed by atoms with E-state index in [0.29, 0.717) is 17.7 Å². The molecular weight excluding hydrogens is 258 g/mol. The highest BCUT2D eigenvalue weighted by atomic mass is 35.5. The third kappa shape index (κ3) is 2.85. The SMILES string of the molecule is Clc1ccccc1OCC1CCc2ccccc2N1. The van der Waals surface area contributed by atoms with Gasteiger partial charge in [-0.15, -0.1) is 0 Å². The number of ether oxygens (including phenoxy) is 1. The molecule has 0 aliphatic carbocycles. The molecule has 1 N–H and O–H groups in total. The third-order valence-corrected chi connectivity index (χ3v) is 3.73. The van der Waals surface area contributed by atoms with Gasteiger partial charge in [0.1, 0.15) is 12.4 Å². The summed E-state index contributed by atoms with van der Waals surface area (Å²) in [5.41, 5.74) is 2.61. The quantitative estimate of drug-likeness (QED) is 0.907. The molecular formula is C16H16ClNO. The Labute approximate surface area is 118 Å². The van der Waals surface area contributed by atoms with Crippen LogP contribution in [0.5, 0.6) is 5.75 Å². The average molecular weight is 274 g/mol. The first-order chi connectivity index (χ1) is 9.33. The summed E-state index contributed by atoms with van der Waals surface area (Å²) in [6.45, 7) is 0.637. The van der Waals surface area contributed by atoms with Crippen LogP contribution in [0.25, 0.3) is 0 Å². The Morgan fingerprint density at radius 1 is 1.11 bits per heavy atom. The van der Waals surface area contributed by atoms with E-state index in [4.69, 9.17) is 16.3 Å². The van der Waals surface area contributed by atoms with Crippen LogP contribution in [0, 0.1) is 0 Å². The fourth-order valence-corrected chi connectivity index (χ4v) is 2.57. The van der Waals surface area contributed by atoms with E-state index in [0.717, 1.165) is 18.6 Å². The fourth-order valence-electron chi connectivity index (χ4n) is 2.38. The van der Waals surface area contributed by atoms with E-state index in [2.05, 4.69) is 29.6 Å². The van der Waals surface area contributed by atoms with Crippen molar-refractivity contribution in [2.24, 2.45) is 0 Å². The molecule has 0 spiro atoms. The first-order valence-corrected chi connectivity index (χ1v) is 6.92. The Kier molecular flexibility index (Phi) is 3.60. The van der Waals surface area contributed by atoms with Crippen molar-refractivity contribution in [1.29, 1.82) is 0 Å². The van der Waals surface area contributed by atoms with Crippen LogP contribution in [-0.2, 0) is 6.42 Å². The summed E-state index contributed by atoms with van der Waals surface area (Å²) >= 11 is 6.08. The first-order valence-electron chi connectivity index (χ1n) is 6.55. The molecule has 2 aromatic carbocycles. The summed E-state index contributed by atoms with van der Waals surface area (Å²) in [7, 11) is 0. The van der Waals surface area contributed by atoms with E-state index in [1.165, 1.54) is 11.3 Å². The maximum atomic E-state index is 6.08. The average Bonchev–Trinajstić information content (AvgIpc) is 2.46. The first kappa shape index (κ1) is 12.4. The number of para-hydroxylation sites is 2. The molecule has 2 nitrogen and oxygen atoms in total. The summed E-state index contributed by atoms with van der Waals surface area (Å²) < 4.78 is 5.80. The van der Waals surface area contributed by atoms with Gasteiger partial charge in [0.15, 0.2) is 0 Å². The van der Waals surface area contributed by atoms with Crippen molar-refractivity contribution in [2.75, 3.05) is 11.9 Å². The highest BCUT2D eigenvalue weighted by molar-refractivity contribution is 6.32. The molecule has 1 aliphatic rings. The number of rotatable bonds is 3. The highest BCUT2D eigenvalue weighted by Crippen LogP contribution is 2.26. The van der Waals surface area contributed by atoms with Crippen LogP contribution in [0.1, 0.15) is 12.0 Å². The minimum atomic E-state index is 0.339. The predicted octanol–water partition coefficient (Wildman–Crippen LogP) is 4.15. The lowest BCUT2D eigenvalue weighted by molar-refractivity contribution is 0.289.